The number of methoxy groups -OCH3 is 1. The third-order valence-electron chi connectivity index (χ3n) is 6.10. The molecule has 0 spiro atoms. The van der Waals surface area contributed by atoms with Gasteiger partial charge in [0.25, 0.3) is 0 Å². The van der Waals surface area contributed by atoms with Crippen LogP contribution >= 0.6 is 12.6 Å². The summed E-state index contributed by atoms with van der Waals surface area (Å²) in [5.74, 6) is 3.22. The van der Waals surface area contributed by atoms with Crippen LogP contribution < -0.4 is 4.74 Å². The molecule has 4 heterocycles. The number of aliphatic hydroxyl groups is 1. The average Bonchev–Trinajstić information content (AvgIpc) is 2.67. The van der Waals surface area contributed by atoms with E-state index in [9.17, 15) is 5.11 Å². The fourth-order valence-electron chi connectivity index (χ4n) is 4.74. The van der Waals surface area contributed by atoms with Crippen molar-refractivity contribution in [1.29, 1.82) is 0 Å². The molecular weight excluding hydrogens is 332 g/mol. The summed E-state index contributed by atoms with van der Waals surface area (Å²) < 4.78 is 5.37. The van der Waals surface area contributed by atoms with Crippen LogP contribution in [0.5, 0.6) is 5.75 Å². The van der Waals surface area contributed by atoms with Crippen molar-refractivity contribution in [1.82, 2.24) is 9.88 Å². The van der Waals surface area contributed by atoms with Crippen LogP contribution in [0.25, 0.3) is 10.9 Å². The van der Waals surface area contributed by atoms with E-state index in [1.165, 1.54) is 12.8 Å². The molecule has 1 N–H and O–H groups in total. The fourth-order valence-corrected chi connectivity index (χ4v) is 5.07. The molecule has 4 nitrogen and oxygen atoms in total. The first-order valence-corrected chi connectivity index (χ1v) is 9.80. The molecule has 5 heteroatoms. The van der Waals surface area contributed by atoms with Crippen molar-refractivity contribution in [3.63, 3.8) is 0 Å². The molecule has 0 saturated carbocycles. The summed E-state index contributed by atoms with van der Waals surface area (Å²) in [6, 6.07) is 8.02. The zero-order valence-corrected chi connectivity index (χ0v) is 15.5. The predicted octanol–water partition coefficient (Wildman–Crippen LogP) is 3.31. The maximum Gasteiger partial charge on any atom is 0.119 e. The Morgan fingerprint density at radius 1 is 1.40 bits per heavy atom. The minimum Gasteiger partial charge on any atom is -0.497 e. The third-order valence-corrected chi connectivity index (χ3v) is 6.36. The first-order valence-electron chi connectivity index (χ1n) is 9.17. The average molecular weight is 359 g/mol. The predicted molar refractivity (Wildman–Crippen MR) is 103 cm³/mol. The summed E-state index contributed by atoms with van der Waals surface area (Å²) in [5.41, 5.74) is 1.87. The highest BCUT2D eigenvalue weighted by Gasteiger charge is 2.42. The monoisotopic (exact) mass is 358 g/mol. The van der Waals surface area contributed by atoms with Crippen LogP contribution in [0.3, 0.4) is 0 Å². The van der Waals surface area contributed by atoms with Crippen LogP contribution in [0.2, 0.25) is 0 Å². The Labute approximate surface area is 154 Å². The molecule has 0 amide bonds. The number of pyridine rings is 1. The van der Waals surface area contributed by atoms with Crippen molar-refractivity contribution in [3.05, 3.63) is 36.0 Å². The van der Waals surface area contributed by atoms with Gasteiger partial charge in [-0.2, -0.15) is 12.6 Å². The lowest BCUT2D eigenvalue weighted by Gasteiger charge is -2.51. The Morgan fingerprint density at radius 3 is 3.00 bits per heavy atom. The molecule has 1 aromatic carbocycles. The lowest BCUT2D eigenvalue weighted by atomic mass is 9.72. The van der Waals surface area contributed by atoms with Crippen LogP contribution in [-0.2, 0) is 0 Å². The number of aliphatic hydroxyl groups excluding tert-OH is 1. The van der Waals surface area contributed by atoms with E-state index < -0.39 is 6.10 Å². The molecule has 2 aromatic rings. The van der Waals surface area contributed by atoms with E-state index in [2.05, 4.69) is 22.5 Å². The number of fused-ring (bicyclic) bond motifs is 4. The number of rotatable bonds is 5. The Bertz CT molecular complexity index is 754. The number of hydrogen-bond acceptors (Lipinski definition) is 5. The highest BCUT2D eigenvalue weighted by atomic mass is 32.1. The number of benzene rings is 1. The second-order valence-corrected chi connectivity index (χ2v) is 7.79. The molecule has 3 fully saturated rings. The van der Waals surface area contributed by atoms with Crippen molar-refractivity contribution in [2.45, 2.75) is 31.4 Å². The number of aromatic nitrogens is 1. The number of nitrogens with zero attached hydrogens (tertiary/aromatic N) is 2. The molecule has 3 saturated heterocycles. The van der Waals surface area contributed by atoms with Crippen molar-refractivity contribution in [3.8, 4) is 5.75 Å². The normalized spacial score (nSPS) is 29.7. The molecule has 0 radical (unpaired) electrons. The lowest BCUT2D eigenvalue weighted by molar-refractivity contribution is -0.0559. The summed E-state index contributed by atoms with van der Waals surface area (Å²) in [6.45, 7) is 2.20. The van der Waals surface area contributed by atoms with Gasteiger partial charge in [-0.15, -0.1) is 0 Å². The van der Waals surface area contributed by atoms with Crippen molar-refractivity contribution >= 4 is 23.5 Å². The van der Waals surface area contributed by atoms with Crippen LogP contribution in [0.1, 0.15) is 30.9 Å². The highest BCUT2D eigenvalue weighted by Crippen LogP contribution is 2.43. The molecule has 0 aliphatic carbocycles. The number of hydrogen-bond donors (Lipinski definition) is 2. The Balaban J connectivity index is 1.63. The van der Waals surface area contributed by atoms with Gasteiger partial charge in [0.2, 0.25) is 0 Å². The maximum atomic E-state index is 11.2. The van der Waals surface area contributed by atoms with E-state index in [1.54, 1.807) is 13.3 Å². The number of ether oxygens (including phenoxy) is 1. The first kappa shape index (κ1) is 17.1. The summed E-state index contributed by atoms with van der Waals surface area (Å²) in [4.78, 5) is 6.93. The summed E-state index contributed by atoms with van der Waals surface area (Å²) in [5, 5.41) is 12.2. The van der Waals surface area contributed by atoms with E-state index in [1.807, 2.05) is 24.3 Å². The Kier molecular flexibility index (Phi) is 4.89. The van der Waals surface area contributed by atoms with Crippen molar-refractivity contribution in [2.24, 2.45) is 11.8 Å². The standard InChI is InChI=1S/C20H26N2O2S/c1-24-15-2-3-18-17(11-15)16(4-7-21-18)20(23)19-10-13-5-8-22(19)12-14(13)6-9-25/h2-4,7,11,13-14,19-20,23,25H,5-6,8-10,12H2,1H3/t13-,14-,19-,20+/m0/s1. The number of piperidine rings is 3. The van der Waals surface area contributed by atoms with Crippen LogP contribution in [-0.4, -0.2) is 47.0 Å². The molecule has 25 heavy (non-hydrogen) atoms. The molecule has 3 aliphatic heterocycles. The second kappa shape index (κ2) is 7.14. The lowest BCUT2D eigenvalue weighted by Crippen LogP contribution is -2.55. The van der Waals surface area contributed by atoms with Crippen LogP contribution in [0.4, 0.5) is 0 Å². The van der Waals surface area contributed by atoms with E-state index in [0.29, 0.717) is 0 Å². The molecular formula is C20H26N2O2S. The molecule has 2 bridgehead atoms. The summed E-state index contributed by atoms with van der Waals surface area (Å²) >= 11 is 4.42. The van der Waals surface area contributed by atoms with Gasteiger partial charge in [-0.05, 0) is 73.2 Å². The molecule has 5 rings (SSSR count). The van der Waals surface area contributed by atoms with Gasteiger partial charge in [-0.25, -0.2) is 0 Å². The molecule has 3 aliphatic rings. The topological polar surface area (TPSA) is 45.6 Å². The van der Waals surface area contributed by atoms with Gasteiger partial charge in [-0.1, -0.05) is 0 Å². The molecule has 5 atom stereocenters. The first-order chi connectivity index (χ1) is 12.2. The SMILES string of the molecule is COc1ccc2nccc([C@@H](O)[C@@H]3C[C@@H]4CCN3C[C@@H]4CCS)c2c1. The van der Waals surface area contributed by atoms with Gasteiger partial charge in [0.1, 0.15) is 5.75 Å². The van der Waals surface area contributed by atoms with Crippen molar-refractivity contribution in [2.75, 3.05) is 26.0 Å². The third kappa shape index (κ3) is 3.14. The van der Waals surface area contributed by atoms with E-state index >= 15 is 0 Å². The fraction of sp³-hybridized carbons (Fsp3) is 0.550. The smallest absolute Gasteiger partial charge is 0.119 e. The maximum absolute atomic E-state index is 11.2. The second-order valence-electron chi connectivity index (χ2n) is 7.35. The van der Waals surface area contributed by atoms with Gasteiger partial charge in [0.05, 0.1) is 18.7 Å². The van der Waals surface area contributed by atoms with Gasteiger partial charge < -0.3 is 9.84 Å². The van der Waals surface area contributed by atoms with Gasteiger partial charge in [0.15, 0.2) is 0 Å². The molecule has 1 aromatic heterocycles. The van der Waals surface area contributed by atoms with E-state index in [4.69, 9.17) is 4.74 Å². The zero-order chi connectivity index (χ0) is 17.4. The summed E-state index contributed by atoms with van der Waals surface area (Å²) in [6.07, 6.45) is 4.83. The van der Waals surface area contributed by atoms with E-state index in [0.717, 1.165) is 59.3 Å². The van der Waals surface area contributed by atoms with Crippen LogP contribution in [0.15, 0.2) is 30.5 Å². The molecule has 1 unspecified atom stereocenters. The highest BCUT2D eigenvalue weighted by molar-refractivity contribution is 7.80. The Morgan fingerprint density at radius 2 is 2.28 bits per heavy atom. The minimum atomic E-state index is -0.489. The Hall–Kier alpha value is -1.30. The zero-order valence-electron chi connectivity index (χ0n) is 14.6. The summed E-state index contributed by atoms with van der Waals surface area (Å²) in [7, 11) is 1.67. The van der Waals surface area contributed by atoms with Gasteiger partial charge in [-0.3, -0.25) is 9.88 Å². The molecule has 134 valence electrons. The van der Waals surface area contributed by atoms with Gasteiger partial charge >= 0.3 is 0 Å². The van der Waals surface area contributed by atoms with E-state index in [-0.39, 0.29) is 6.04 Å². The van der Waals surface area contributed by atoms with Gasteiger partial charge in [0, 0.05) is 24.2 Å². The number of thiol groups is 1. The largest absolute Gasteiger partial charge is 0.497 e. The van der Waals surface area contributed by atoms with Crippen molar-refractivity contribution < 1.29 is 9.84 Å². The minimum absolute atomic E-state index is 0.201. The quantitative estimate of drug-likeness (QED) is 0.805. The van der Waals surface area contributed by atoms with Crippen LogP contribution in [0, 0.1) is 11.8 Å².